The summed E-state index contributed by atoms with van der Waals surface area (Å²) in [6, 6.07) is 6.36. The Morgan fingerprint density at radius 1 is 1.10 bits per heavy atom. The summed E-state index contributed by atoms with van der Waals surface area (Å²) in [7, 11) is 0. The maximum absolute atomic E-state index is 12.5. The summed E-state index contributed by atoms with van der Waals surface area (Å²) < 4.78 is 0. The number of hydrogen-bond acceptors (Lipinski definition) is 7. The van der Waals surface area contributed by atoms with E-state index in [-0.39, 0.29) is 11.6 Å². The number of nitro groups is 1. The summed E-state index contributed by atoms with van der Waals surface area (Å²) in [5.74, 6) is 1.04. The summed E-state index contributed by atoms with van der Waals surface area (Å²) in [5, 5.41) is 11.1. The maximum Gasteiger partial charge on any atom is 0.276 e. The minimum atomic E-state index is -0.451. The number of nitrogens with zero attached hydrogens (tertiary/aromatic N) is 5. The molecule has 0 saturated carbocycles. The largest absolute Gasteiger partial charge is 0.383 e. The standard InChI is InChI=1S/C21H24N6O3/c22-20-16-6-2-3-7-17(16)23-21(24-20)26-13-11-25(12-14-26)19(28)10-9-15-5-1-4-8-18(15)27(29)30/h1,4-5,8-10H,2-3,6-7,11-14H2,(H2,22,23,24). The van der Waals surface area contributed by atoms with E-state index >= 15 is 0 Å². The second-order valence-corrected chi connectivity index (χ2v) is 7.50. The van der Waals surface area contributed by atoms with Gasteiger partial charge in [-0.05, 0) is 37.8 Å². The average Bonchev–Trinajstić information content (AvgIpc) is 2.77. The van der Waals surface area contributed by atoms with Gasteiger partial charge in [0.05, 0.1) is 16.2 Å². The highest BCUT2D eigenvalue weighted by Gasteiger charge is 2.24. The Hall–Kier alpha value is -3.49. The predicted molar refractivity (Wildman–Crippen MR) is 114 cm³/mol. The molecule has 0 atom stereocenters. The topological polar surface area (TPSA) is 118 Å². The normalized spacial score (nSPS) is 16.5. The molecule has 30 heavy (non-hydrogen) atoms. The highest BCUT2D eigenvalue weighted by atomic mass is 16.6. The third-order valence-corrected chi connectivity index (χ3v) is 5.62. The Bertz CT molecular complexity index is 998. The number of para-hydroxylation sites is 1. The number of carbonyl (C=O) groups is 1. The van der Waals surface area contributed by atoms with Crippen molar-refractivity contribution in [3.8, 4) is 0 Å². The van der Waals surface area contributed by atoms with Gasteiger partial charge < -0.3 is 15.5 Å². The third-order valence-electron chi connectivity index (χ3n) is 5.62. The smallest absolute Gasteiger partial charge is 0.276 e. The molecular weight excluding hydrogens is 384 g/mol. The van der Waals surface area contributed by atoms with E-state index in [1.54, 1.807) is 23.1 Å². The van der Waals surface area contributed by atoms with Gasteiger partial charge in [-0.15, -0.1) is 0 Å². The molecule has 1 aliphatic carbocycles. The number of aryl methyl sites for hydroxylation is 1. The van der Waals surface area contributed by atoms with Crippen LogP contribution in [-0.4, -0.2) is 51.9 Å². The van der Waals surface area contributed by atoms with Gasteiger partial charge in [-0.1, -0.05) is 12.1 Å². The van der Waals surface area contributed by atoms with E-state index in [0.717, 1.165) is 36.9 Å². The lowest BCUT2D eigenvalue weighted by Crippen LogP contribution is -2.49. The number of nitrogens with two attached hydrogens (primary N) is 1. The quantitative estimate of drug-likeness (QED) is 0.468. The zero-order chi connectivity index (χ0) is 21.1. The van der Waals surface area contributed by atoms with Crippen molar-refractivity contribution in [1.29, 1.82) is 0 Å². The van der Waals surface area contributed by atoms with Gasteiger partial charge in [0, 0.05) is 43.9 Å². The number of hydrogen-bond donors (Lipinski definition) is 1. The maximum atomic E-state index is 12.5. The van der Waals surface area contributed by atoms with Crippen molar-refractivity contribution in [1.82, 2.24) is 14.9 Å². The molecule has 2 aromatic rings. The molecule has 1 aliphatic heterocycles. The molecule has 1 aromatic carbocycles. The number of fused-ring (bicyclic) bond motifs is 1. The fourth-order valence-electron chi connectivity index (χ4n) is 3.94. The molecule has 0 unspecified atom stereocenters. The van der Waals surface area contributed by atoms with Crippen LogP contribution < -0.4 is 10.6 Å². The summed E-state index contributed by atoms with van der Waals surface area (Å²) in [5.41, 5.74) is 8.68. The number of benzene rings is 1. The molecule has 0 radical (unpaired) electrons. The molecule has 9 nitrogen and oxygen atoms in total. The van der Waals surface area contributed by atoms with Crippen LogP contribution in [0.3, 0.4) is 0 Å². The van der Waals surface area contributed by atoms with Gasteiger partial charge in [0.1, 0.15) is 5.82 Å². The highest BCUT2D eigenvalue weighted by molar-refractivity contribution is 5.92. The number of amides is 1. The molecule has 1 aromatic heterocycles. The summed E-state index contributed by atoms with van der Waals surface area (Å²) in [6.07, 6.45) is 7.02. The number of nitro benzene ring substituents is 1. The molecule has 9 heteroatoms. The predicted octanol–water partition coefficient (Wildman–Crippen LogP) is 2.21. The lowest BCUT2D eigenvalue weighted by atomic mass is 9.96. The second kappa shape index (κ2) is 8.48. The van der Waals surface area contributed by atoms with Crippen LogP contribution in [0.2, 0.25) is 0 Å². The highest BCUT2D eigenvalue weighted by Crippen LogP contribution is 2.26. The number of anilines is 2. The minimum absolute atomic E-state index is 0.0199. The molecule has 1 saturated heterocycles. The third kappa shape index (κ3) is 4.10. The number of carbonyl (C=O) groups excluding carboxylic acids is 1. The lowest BCUT2D eigenvalue weighted by Gasteiger charge is -2.34. The average molecular weight is 408 g/mol. The Morgan fingerprint density at radius 2 is 1.83 bits per heavy atom. The molecule has 1 fully saturated rings. The van der Waals surface area contributed by atoms with Crippen LogP contribution >= 0.6 is 0 Å². The molecular formula is C21H24N6O3. The number of nitrogen functional groups attached to an aromatic ring is 1. The van der Waals surface area contributed by atoms with Gasteiger partial charge in [-0.25, -0.2) is 4.98 Å². The SMILES string of the molecule is Nc1nc(N2CCN(C(=O)C=Cc3ccccc3[N+](=O)[O-])CC2)nc2c1CCCC2. The second-order valence-electron chi connectivity index (χ2n) is 7.50. The first kappa shape index (κ1) is 19.8. The Labute approximate surface area is 174 Å². The first-order valence-corrected chi connectivity index (χ1v) is 10.1. The summed E-state index contributed by atoms with van der Waals surface area (Å²) >= 11 is 0. The fraction of sp³-hybridized carbons (Fsp3) is 0.381. The number of aromatic nitrogens is 2. The van der Waals surface area contributed by atoms with E-state index in [1.165, 1.54) is 18.2 Å². The Morgan fingerprint density at radius 3 is 2.60 bits per heavy atom. The monoisotopic (exact) mass is 408 g/mol. The molecule has 2 N–H and O–H groups in total. The van der Waals surface area contributed by atoms with Gasteiger partial charge >= 0.3 is 0 Å². The first-order valence-electron chi connectivity index (χ1n) is 10.1. The van der Waals surface area contributed by atoms with Crippen LogP contribution in [0.1, 0.15) is 29.7 Å². The first-order chi connectivity index (χ1) is 14.5. The molecule has 0 spiro atoms. The van der Waals surface area contributed by atoms with E-state index in [1.807, 2.05) is 0 Å². The van der Waals surface area contributed by atoms with Crippen molar-refractivity contribution in [3.63, 3.8) is 0 Å². The molecule has 4 rings (SSSR count). The van der Waals surface area contributed by atoms with Crippen molar-refractivity contribution in [2.45, 2.75) is 25.7 Å². The lowest BCUT2D eigenvalue weighted by molar-refractivity contribution is -0.385. The van der Waals surface area contributed by atoms with Gasteiger partial charge in [-0.2, -0.15) is 4.98 Å². The van der Waals surface area contributed by atoms with E-state index < -0.39 is 4.92 Å². The van der Waals surface area contributed by atoms with Crippen LogP contribution in [-0.2, 0) is 17.6 Å². The van der Waals surface area contributed by atoms with Crippen LogP contribution in [0.15, 0.2) is 30.3 Å². The Balaban J connectivity index is 1.40. The minimum Gasteiger partial charge on any atom is -0.383 e. The number of rotatable bonds is 4. The van der Waals surface area contributed by atoms with Crippen molar-refractivity contribution >= 4 is 29.4 Å². The summed E-state index contributed by atoms with van der Waals surface area (Å²) in [6.45, 7) is 2.29. The van der Waals surface area contributed by atoms with Crippen LogP contribution in [0.5, 0.6) is 0 Å². The molecule has 156 valence electrons. The summed E-state index contributed by atoms with van der Waals surface area (Å²) in [4.78, 5) is 36.2. The van der Waals surface area contributed by atoms with Crippen LogP contribution in [0, 0.1) is 10.1 Å². The van der Waals surface area contributed by atoms with E-state index in [2.05, 4.69) is 9.88 Å². The molecule has 2 heterocycles. The van der Waals surface area contributed by atoms with Gasteiger partial charge in [-0.3, -0.25) is 14.9 Å². The van der Waals surface area contributed by atoms with Crippen molar-refractivity contribution < 1.29 is 9.72 Å². The van der Waals surface area contributed by atoms with Crippen molar-refractivity contribution in [2.24, 2.45) is 0 Å². The zero-order valence-electron chi connectivity index (χ0n) is 16.7. The molecule has 0 bridgehead atoms. The van der Waals surface area contributed by atoms with Gasteiger partial charge in [0.15, 0.2) is 0 Å². The van der Waals surface area contributed by atoms with Crippen molar-refractivity contribution in [2.75, 3.05) is 36.8 Å². The zero-order valence-corrected chi connectivity index (χ0v) is 16.7. The van der Waals surface area contributed by atoms with Crippen LogP contribution in [0.4, 0.5) is 17.5 Å². The van der Waals surface area contributed by atoms with Crippen molar-refractivity contribution in [3.05, 3.63) is 57.3 Å². The van der Waals surface area contributed by atoms with E-state index in [0.29, 0.717) is 43.5 Å². The molecule has 2 aliphatic rings. The molecule has 1 amide bonds. The van der Waals surface area contributed by atoms with Gasteiger partial charge in [0.2, 0.25) is 11.9 Å². The van der Waals surface area contributed by atoms with Gasteiger partial charge in [0.25, 0.3) is 5.69 Å². The fourth-order valence-corrected chi connectivity index (χ4v) is 3.94. The number of piperazine rings is 1. The van der Waals surface area contributed by atoms with Crippen LogP contribution in [0.25, 0.3) is 6.08 Å². The van der Waals surface area contributed by atoms with E-state index in [4.69, 9.17) is 10.7 Å². The Kier molecular flexibility index (Phi) is 5.60. The van der Waals surface area contributed by atoms with E-state index in [9.17, 15) is 14.9 Å².